The molecule has 8 N–H and O–H groups in total. The number of aliphatic imine (C=N–C) groups is 1. The first kappa shape index (κ1) is 24.8. The van der Waals surface area contributed by atoms with E-state index in [9.17, 15) is 28.8 Å². The van der Waals surface area contributed by atoms with E-state index in [0.717, 1.165) is 0 Å². The Morgan fingerprint density at radius 1 is 1.12 bits per heavy atom. The molecule has 3 aliphatic rings. The third kappa shape index (κ3) is 4.77. The predicted molar refractivity (Wildman–Crippen MR) is 103 cm³/mol. The second-order valence-corrected chi connectivity index (χ2v) is 11.5. The van der Waals surface area contributed by atoms with Crippen molar-refractivity contribution in [2.24, 2.45) is 10.7 Å². The van der Waals surface area contributed by atoms with Crippen molar-refractivity contribution in [2.45, 2.75) is 30.2 Å². The van der Waals surface area contributed by atoms with Gasteiger partial charge in [-0.3, -0.25) is 14.8 Å². The first-order valence-electron chi connectivity index (χ1n) is 8.80. The molecule has 3 unspecified atom stereocenters. The van der Waals surface area contributed by atoms with Gasteiger partial charge in [-0.05, 0) is 6.08 Å². The van der Waals surface area contributed by atoms with Crippen LogP contribution < -0.4 is 5.73 Å². The molecule has 18 nitrogen and oxygen atoms in total. The van der Waals surface area contributed by atoms with Crippen LogP contribution in [0.5, 0.6) is 0 Å². The number of aliphatic hydroxyl groups excluding tert-OH is 2. The van der Waals surface area contributed by atoms with Crippen molar-refractivity contribution in [1.29, 1.82) is 0 Å². The molecular formula is C12H18N5O13P3. The van der Waals surface area contributed by atoms with E-state index in [2.05, 4.69) is 23.1 Å². The van der Waals surface area contributed by atoms with Gasteiger partial charge in [-0.1, -0.05) is 0 Å². The predicted octanol–water partition coefficient (Wildman–Crippen LogP) is -1.54. The van der Waals surface area contributed by atoms with Crippen LogP contribution in [0.15, 0.2) is 23.6 Å². The first-order valence-corrected chi connectivity index (χ1v) is 13.3. The number of ether oxygens (including phenoxy) is 1. The summed E-state index contributed by atoms with van der Waals surface area (Å²) in [5.74, 6) is 0.225. The van der Waals surface area contributed by atoms with E-state index in [4.69, 9.17) is 25.2 Å². The summed E-state index contributed by atoms with van der Waals surface area (Å²) in [6, 6.07) is 0. The van der Waals surface area contributed by atoms with Crippen molar-refractivity contribution in [1.82, 2.24) is 14.5 Å². The molecule has 33 heavy (non-hydrogen) atoms. The number of imidazole rings is 1. The Labute approximate surface area is 184 Å². The zero-order chi connectivity index (χ0) is 24.4. The minimum Gasteiger partial charge on any atom is -0.387 e. The van der Waals surface area contributed by atoms with Gasteiger partial charge in [0, 0.05) is 6.20 Å². The number of fused-ring (bicyclic) bond motifs is 3. The SMILES string of the molecule is NC12C=CN1C=Nc1c2ncn1[C@@H]1O[C@H](COP(=O)(O)OP(=O)(O)OP(=O)(O)O)[C@@H](O)[C@H]1O. The molecule has 1 saturated heterocycles. The van der Waals surface area contributed by atoms with Gasteiger partial charge in [-0.2, -0.15) is 8.62 Å². The maximum absolute atomic E-state index is 11.9. The standard InChI is InChI=1S/C12H18N5O13P3/c13-12-1-2-16(12)4-15-10-9(12)14-5-17(10)11-8(19)7(18)6(28-11)3-27-32(23,24)30-33(25,26)29-31(20,21)22/h1-2,4-8,11,18-19H,3,13H2,(H,23,24)(H,25,26)(H2,20,21,22)/t6-,7-,8-,11-,12?/m1/s1. The maximum atomic E-state index is 11.9. The lowest BCUT2D eigenvalue weighted by Crippen LogP contribution is -2.55. The maximum Gasteiger partial charge on any atom is 0.490 e. The van der Waals surface area contributed by atoms with Crippen LogP contribution in [-0.4, -0.2) is 75.5 Å². The molecule has 0 aliphatic carbocycles. The smallest absolute Gasteiger partial charge is 0.387 e. The summed E-state index contributed by atoms with van der Waals surface area (Å²) in [6.07, 6.45) is 0.0456. The molecule has 184 valence electrons. The van der Waals surface area contributed by atoms with E-state index >= 15 is 0 Å². The average molecular weight is 533 g/mol. The zero-order valence-electron chi connectivity index (χ0n) is 16.1. The topological polar surface area (TPSA) is 269 Å². The van der Waals surface area contributed by atoms with Crippen LogP contribution in [0.3, 0.4) is 0 Å². The molecule has 21 heteroatoms. The summed E-state index contributed by atoms with van der Waals surface area (Å²) < 4.78 is 52.3. The molecule has 0 spiro atoms. The lowest BCUT2D eigenvalue weighted by atomic mass is 9.99. The largest absolute Gasteiger partial charge is 0.490 e. The van der Waals surface area contributed by atoms with Crippen molar-refractivity contribution in [3.63, 3.8) is 0 Å². The van der Waals surface area contributed by atoms with Crippen LogP contribution in [0.1, 0.15) is 11.9 Å². The lowest BCUT2D eigenvalue weighted by Gasteiger charge is -2.43. The van der Waals surface area contributed by atoms with Gasteiger partial charge in [0.05, 0.1) is 19.3 Å². The fourth-order valence-corrected chi connectivity index (χ4v) is 6.32. The molecule has 0 bridgehead atoms. The summed E-state index contributed by atoms with van der Waals surface area (Å²) in [6.45, 7) is -0.948. The highest BCUT2D eigenvalue weighted by molar-refractivity contribution is 7.66. The van der Waals surface area contributed by atoms with Gasteiger partial charge in [0.15, 0.2) is 17.7 Å². The Balaban J connectivity index is 1.44. The Bertz CT molecular complexity index is 1150. The quantitative estimate of drug-likeness (QED) is 0.187. The average Bonchev–Trinajstić information content (AvgIpc) is 3.17. The van der Waals surface area contributed by atoms with Gasteiger partial charge in [0.25, 0.3) is 0 Å². The minimum absolute atomic E-state index is 0.225. The van der Waals surface area contributed by atoms with Crippen LogP contribution >= 0.6 is 23.5 Å². The van der Waals surface area contributed by atoms with Crippen LogP contribution in [0.4, 0.5) is 5.82 Å². The highest BCUT2D eigenvalue weighted by Gasteiger charge is 2.49. The normalized spacial score (nSPS) is 34.3. The van der Waals surface area contributed by atoms with E-state index in [-0.39, 0.29) is 5.82 Å². The summed E-state index contributed by atoms with van der Waals surface area (Å²) >= 11 is 0. The molecular weight excluding hydrogens is 515 g/mol. The lowest BCUT2D eigenvalue weighted by molar-refractivity contribution is -0.0513. The third-order valence-electron chi connectivity index (χ3n) is 4.80. The summed E-state index contributed by atoms with van der Waals surface area (Å²) in [4.78, 5) is 45.7. The van der Waals surface area contributed by atoms with Gasteiger partial charge in [-0.15, -0.1) is 0 Å². The first-order chi connectivity index (χ1) is 15.1. The van der Waals surface area contributed by atoms with Crippen LogP contribution in [0, 0.1) is 0 Å². The number of hydrogen-bond acceptors (Lipinski definition) is 13. The summed E-state index contributed by atoms with van der Waals surface area (Å²) in [5.41, 5.74) is 5.53. The molecule has 1 fully saturated rings. The number of nitrogens with zero attached hydrogens (tertiary/aromatic N) is 4. The van der Waals surface area contributed by atoms with Crippen LogP contribution in [0.2, 0.25) is 0 Å². The highest BCUT2D eigenvalue weighted by Crippen LogP contribution is 2.66. The molecule has 4 heterocycles. The Morgan fingerprint density at radius 2 is 1.82 bits per heavy atom. The number of aliphatic hydroxyl groups is 2. The third-order valence-corrected chi connectivity index (χ3v) is 8.60. The van der Waals surface area contributed by atoms with Crippen LogP contribution in [0.25, 0.3) is 0 Å². The molecule has 0 radical (unpaired) electrons. The summed E-state index contributed by atoms with van der Waals surface area (Å²) in [5, 5.41) is 20.7. The second-order valence-electron chi connectivity index (χ2n) is 7.05. The molecule has 0 aromatic carbocycles. The Morgan fingerprint density at radius 3 is 2.42 bits per heavy atom. The number of phosphoric acid groups is 3. The Kier molecular flexibility index (Phi) is 6.10. The van der Waals surface area contributed by atoms with E-state index in [0.29, 0.717) is 5.69 Å². The minimum atomic E-state index is -5.70. The van der Waals surface area contributed by atoms with Gasteiger partial charge in [0.2, 0.25) is 0 Å². The van der Waals surface area contributed by atoms with Crippen molar-refractivity contribution in [3.05, 3.63) is 24.3 Å². The number of rotatable bonds is 8. The van der Waals surface area contributed by atoms with E-state index in [1.807, 2.05) is 0 Å². The molecule has 0 saturated carbocycles. The van der Waals surface area contributed by atoms with Crippen molar-refractivity contribution in [2.75, 3.05) is 6.61 Å². The van der Waals surface area contributed by atoms with Crippen molar-refractivity contribution in [3.8, 4) is 0 Å². The number of hydrogen-bond donors (Lipinski definition) is 7. The second kappa shape index (κ2) is 8.12. The van der Waals surface area contributed by atoms with E-state index in [1.54, 1.807) is 17.2 Å². The number of aromatic nitrogens is 2. The van der Waals surface area contributed by atoms with Gasteiger partial charge >= 0.3 is 23.5 Å². The van der Waals surface area contributed by atoms with Crippen molar-refractivity contribution < 1.29 is 61.4 Å². The van der Waals surface area contributed by atoms with Gasteiger partial charge in [-0.25, -0.2) is 23.7 Å². The van der Waals surface area contributed by atoms with E-state index in [1.165, 1.54) is 17.2 Å². The van der Waals surface area contributed by atoms with Gasteiger partial charge < -0.3 is 39.4 Å². The van der Waals surface area contributed by atoms with E-state index < -0.39 is 60.3 Å². The number of nitrogens with two attached hydrogens (primary N) is 1. The molecule has 4 rings (SSSR count). The van der Waals surface area contributed by atoms with Crippen molar-refractivity contribution >= 4 is 35.6 Å². The Hall–Kier alpha value is -1.33. The van der Waals surface area contributed by atoms with Crippen LogP contribution in [-0.2, 0) is 37.2 Å². The molecule has 3 aliphatic heterocycles. The summed E-state index contributed by atoms with van der Waals surface area (Å²) in [7, 11) is -16.7. The molecule has 1 aromatic heterocycles. The zero-order valence-corrected chi connectivity index (χ0v) is 18.8. The highest BCUT2D eigenvalue weighted by atomic mass is 31.3. The van der Waals surface area contributed by atoms with Gasteiger partial charge in [0.1, 0.15) is 24.0 Å². The molecule has 7 atom stereocenters. The fourth-order valence-electron chi connectivity index (χ4n) is 3.29. The molecule has 0 amide bonds. The monoisotopic (exact) mass is 533 g/mol. The number of phosphoric ester groups is 1. The fraction of sp³-hybridized carbons (Fsp3) is 0.500. The molecule has 1 aromatic rings.